The van der Waals surface area contributed by atoms with E-state index in [4.69, 9.17) is 4.74 Å². The van der Waals surface area contributed by atoms with Gasteiger partial charge in [0.1, 0.15) is 5.60 Å². The van der Waals surface area contributed by atoms with E-state index in [2.05, 4.69) is 10.2 Å². The molecule has 0 saturated carbocycles. The maximum atomic E-state index is 12.7. The highest BCUT2D eigenvalue weighted by Gasteiger charge is 2.43. The number of nitrogens with zero attached hydrogens (tertiary/aromatic N) is 4. The molecule has 0 radical (unpaired) electrons. The van der Waals surface area contributed by atoms with Crippen LogP contribution in [0.2, 0.25) is 0 Å². The second-order valence-electron chi connectivity index (χ2n) is 5.43. The van der Waals surface area contributed by atoms with Gasteiger partial charge >= 0.3 is 18.2 Å². The van der Waals surface area contributed by atoms with Crippen molar-refractivity contribution in [1.29, 1.82) is 0 Å². The standard InChI is InChI=1S/C11H13F3N4O3/c1-10(2,3)21-9(20)18-5-4-17-6(7(18)19)15-16-8(17)11(12,13)14/h4-5H2,1-3H3. The Bertz CT molecular complexity index is 589. The molecule has 21 heavy (non-hydrogen) atoms. The van der Waals surface area contributed by atoms with Crippen LogP contribution in [0, 0.1) is 0 Å². The Morgan fingerprint density at radius 2 is 1.81 bits per heavy atom. The zero-order chi connectivity index (χ0) is 16.0. The Morgan fingerprint density at radius 1 is 1.19 bits per heavy atom. The number of ether oxygens (including phenoxy) is 1. The van der Waals surface area contributed by atoms with Crippen LogP contribution in [-0.2, 0) is 17.5 Å². The summed E-state index contributed by atoms with van der Waals surface area (Å²) < 4.78 is 43.7. The molecule has 0 N–H and O–H groups in total. The Balaban J connectivity index is 2.26. The first-order valence-electron chi connectivity index (χ1n) is 6.06. The van der Waals surface area contributed by atoms with Gasteiger partial charge in [-0.05, 0) is 20.8 Å². The highest BCUT2D eigenvalue weighted by Crippen LogP contribution is 2.29. The largest absolute Gasteiger partial charge is 0.451 e. The molecule has 0 saturated heterocycles. The number of amides is 2. The van der Waals surface area contributed by atoms with Gasteiger partial charge in [-0.2, -0.15) is 13.2 Å². The van der Waals surface area contributed by atoms with Crippen molar-refractivity contribution in [3.63, 3.8) is 0 Å². The molecule has 10 heteroatoms. The first kappa shape index (κ1) is 15.3. The molecular weight excluding hydrogens is 293 g/mol. The maximum Gasteiger partial charge on any atom is 0.451 e. The van der Waals surface area contributed by atoms with E-state index in [0.29, 0.717) is 4.57 Å². The molecule has 2 heterocycles. The van der Waals surface area contributed by atoms with Crippen LogP contribution >= 0.6 is 0 Å². The van der Waals surface area contributed by atoms with Crippen LogP contribution in [0.5, 0.6) is 0 Å². The fraction of sp³-hybridized carbons (Fsp3) is 0.636. The van der Waals surface area contributed by atoms with Gasteiger partial charge in [0.05, 0.1) is 6.54 Å². The van der Waals surface area contributed by atoms with E-state index in [-0.39, 0.29) is 13.1 Å². The summed E-state index contributed by atoms with van der Waals surface area (Å²) in [5.41, 5.74) is -0.820. The lowest BCUT2D eigenvalue weighted by atomic mass is 10.2. The van der Waals surface area contributed by atoms with Crippen LogP contribution in [0.25, 0.3) is 0 Å². The highest BCUT2D eigenvalue weighted by atomic mass is 19.4. The molecule has 0 unspecified atom stereocenters. The number of carbonyl (C=O) groups excluding carboxylic acids is 2. The van der Waals surface area contributed by atoms with Crippen molar-refractivity contribution in [2.24, 2.45) is 0 Å². The van der Waals surface area contributed by atoms with Crippen LogP contribution in [0.4, 0.5) is 18.0 Å². The second-order valence-corrected chi connectivity index (χ2v) is 5.43. The maximum absolute atomic E-state index is 12.7. The minimum absolute atomic E-state index is 0.234. The fourth-order valence-electron chi connectivity index (χ4n) is 1.80. The summed E-state index contributed by atoms with van der Waals surface area (Å²) in [7, 11) is 0. The quantitative estimate of drug-likeness (QED) is 0.729. The average Bonchev–Trinajstić information content (AvgIpc) is 2.70. The number of aromatic nitrogens is 3. The normalized spacial score (nSPS) is 15.9. The van der Waals surface area contributed by atoms with Crippen molar-refractivity contribution in [2.75, 3.05) is 6.54 Å². The number of halogens is 3. The molecule has 0 spiro atoms. The lowest BCUT2D eigenvalue weighted by Crippen LogP contribution is -2.47. The predicted molar refractivity (Wildman–Crippen MR) is 62.3 cm³/mol. The van der Waals surface area contributed by atoms with Gasteiger partial charge in [-0.1, -0.05) is 0 Å². The lowest BCUT2D eigenvalue weighted by molar-refractivity contribution is -0.147. The van der Waals surface area contributed by atoms with Crippen molar-refractivity contribution >= 4 is 12.0 Å². The number of hydrogen-bond donors (Lipinski definition) is 0. The average molecular weight is 306 g/mol. The molecular formula is C11H13F3N4O3. The Hall–Kier alpha value is -2.13. The molecule has 1 aliphatic heterocycles. The van der Waals surface area contributed by atoms with Crippen molar-refractivity contribution in [1.82, 2.24) is 19.7 Å². The number of fused-ring (bicyclic) bond motifs is 1. The molecule has 0 aliphatic carbocycles. The number of alkyl halides is 3. The van der Waals surface area contributed by atoms with E-state index in [1.165, 1.54) is 0 Å². The molecule has 2 amide bonds. The minimum Gasteiger partial charge on any atom is -0.443 e. The van der Waals surface area contributed by atoms with Gasteiger partial charge in [-0.3, -0.25) is 9.36 Å². The van der Waals surface area contributed by atoms with E-state index in [9.17, 15) is 22.8 Å². The van der Waals surface area contributed by atoms with Gasteiger partial charge in [0.2, 0.25) is 11.6 Å². The van der Waals surface area contributed by atoms with Crippen LogP contribution in [0.1, 0.15) is 37.2 Å². The fourth-order valence-corrected chi connectivity index (χ4v) is 1.80. The molecule has 1 aromatic heterocycles. The van der Waals surface area contributed by atoms with Crippen molar-refractivity contribution in [3.05, 3.63) is 11.6 Å². The van der Waals surface area contributed by atoms with Gasteiger partial charge in [-0.25, -0.2) is 9.69 Å². The number of imide groups is 1. The molecule has 7 nitrogen and oxygen atoms in total. The van der Waals surface area contributed by atoms with Crippen molar-refractivity contribution < 1.29 is 27.5 Å². The number of rotatable bonds is 0. The molecule has 0 bridgehead atoms. The van der Waals surface area contributed by atoms with Crippen LogP contribution < -0.4 is 0 Å². The molecule has 2 rings (SSSR count). The third-order valence-electron chi connectivity index (χ3n) is 2.60. The topological polar surface area (TPSA) is 77.3 Å². The van der Waals surface area contributed by atoms with Crippen LogP contribution in [-0.4, -0.2) is 43.8 Å². The molecule has 0 aromatic carbocycles. The van der Waals surface area contributed by atoms with E-state index < -0.39 is 35.4 Å². The zero-order valence-corrected chi connectivity index (χ0v) is 11.6. The Kier molecular flexibility index (Phi) is 3.42. The Labute approximate surface area is 117 Å². The molecule has 1 aliphatic rings. The van der Waals surface area contributed by atoms with E-state index in [0.717, 1.165) is 4.90 Å². The molecule has 116 valence electrons. The summed E-state index contributed by atoms with van der Waals surface area (Å²) in [5, 5.41) is 6.20. The van der Waals surface area contributed by atoms with Crippen LogP contribution in [0.3, 0.4) is 0 Å². The predicted octanol–water partition coefficient (Wildman–Crippen LogP) is 1.69. The van der Waals surface area contributed by atoms with Crippen molar-refractivity contribution in [2.45, 2.75) is 39.1 Å². The highest BCUT2D eigenvalue weighted by molar-refractivity contribution is 6.01. The van der Waals surface area contributed by atoms with Gasteiger partial charge < -0.3 is 4.74 Å². The molecule has 0 atom stereocenters. The van der Waals surface area contributed by atoms with E-state index in [1.54, 1.807) is 20.8 Å². The minimum atomic E-state index is -4.71. The van der Waals surface area contributed by atoms with Crippen LogP contribution in [0.15, 0.2) is 0 Å². The third-order valence-corrected chi connectivity index (χ3v) is 2.60. The van der Waals surface area contributed by atoms with Gasteiger partial charge in [0.25, 0.3) is 0 Å². The lowest BCUT2D eigenvalue weighted by Gasteiger charge is -2.28. The smallest absolute Gasteiger partial charge is 0.443 e. The van der Waals surface area contributed by atoms with Crippen molar-refractivity contribution in [3.8, 4) is 0 Å². The van der Waals surface area contributed by atoms with Gasteiger partial charge in [0.15, 0.2) is 0 Å². The SMILES string of the molecule is CC(C)(C)OC(=O)N1CCn2c(nnc2C(F)(F)F)C1=O. The van der Waals surface area contributed by atoms with Gasteiger partial charge in [-0.15, -0.1) is 10.2 Å². The first-order chi connectivity index (χ1) is 9.50. The van der Waals surface area contributed by atoms with Gasteiger partial charge in [0, 0.05) is 6.54 Å². The Morgan fingerprint density at radius 3 is 2.33 bits per heavy atom. The van der Waals surface area contributed by atoms with E-state index >= 15 is 0 Å². The third kappa shape index (κ3) is 2.98. The second kappa shape index (κ2) is 4.71. The summed E-state index contributed by atoms with van der Waals surface area (Å²) in [6, 6.07) is 0. The van der Waals surface area contributed by atoms with E-state index in [1.807, 2.05) is 0 Å². The summed E-state index contributed by atoms with van der Waals surface area (Å²) in [6.07, 6.45) is -5.63. The summed E-state index contributed by atoms with van der Waals surface area (Å²) >= 11 is 0. The summed E-state index contributed by atoms with van der Waals surface area (Å²) in [5.74, 6) is -2.74. The summed E-state index contributed by atoms with van der Waals surface area (Å²) in [4.78, 5) is 24.6. The molecule has 0 fully saturated rings. The summed E-state index contributed by atoms with van der Waals surface area (Å²) in [6.45, 7) is 4.38. The zero-order valence-electron chi connectivity index (χ0n) is 11.6. The first-order valence-corrected chi connectivity index (χ1v) is 6.06. The monoisotopic (exact) mass is 306 g/mol. The number of carbonyl (C=O) groups is 2. The number of hydrogen-bond acceptors (Lipinski definition) is 5. The molecule has 1 aromatic rings.